The third-order valence-corrected chi connectivity index (χ3v) is 2.24. The number of carbonyl (C=O) groups excluding carboxylic acids is 1. The zero-order chi connectivity index (χ0) is 12.8. The maximum absolute atomic E-state index is 11.1. The summed E-state index contributed by atoms with van der Waals surface area (Å²) < 4.78 is 5.09. The van der Waals surface area contributed by atoms with E-state index in [-0.39, 0.29) is 12.4 Å². The van der Waals surface area contributed by atoms with E-state index >= 15 is 0 Å². The molecule has 17 heavy (non-hydrogen) atoms. The Kier molecular flexibility index (Phi) is 5.06. The zero-order valence-electron chi connectivity index (χ0n) is 8.57. The average Bonchev–Trinajstić information content (AvgIpc) is 2.27. The second-order valence-electron chi connectivity index (χ2n) is 3.03. The molecule has 0 radical (unpaired) electrons. The fourth-order valence-corrected chi connectivity index (χ4v) is 1.29. The van der Waals surface area contributed by atoms with Crippen LogP contribution in [0.1, 0.15) is 0 Å². The first-order chi connectivity index (χ1) is 7.99. The Labute approximate surface area is 107 Å². The van der Waals surface area contributed by atoms with Crippen molar-refractivity contribution in [3.63, 3.8) is 0 Å². The predicted octanol–water partition coefficient (Wildman–Crippen LogP) is 1.57. The van der Waals surface area contributed by atoms with Crippen LogP contribution in [-0.2, 0) is 9.59 Å². The number of hydrogen-bond acceptors (Lipinski definition) is 3. The van der Waals surface area contributed by atoms with Crippen LogP contribution in [-0.4, -0.2) is 30.1 Å². The number of carbonyl (C=O) groups is 2. The van der Waals surface area contributed by atoms with Crippen molar-refractivity contribution in [3.8, 4) is 5.75 Å². The molecule has 0 fully saturated rings. The molecule has 1 aromatic carbocycles. The summed E-state index contributed by atoms with van der Waals surface area (Å²) in [5, 5.41) is 11.2. The van der Waals surface area contributed by atoms with Crippen molar-refractivity contribution in [1.82, 2.24) is 5.32 Å². The molecule has 1 amide bonds. The van der Waals surface area contributed by atoms with Crippen LogP contribution in [0.15, 0.2) is 18.2 Å². The second-order valence-corrected chi connectivity index (χ2v) is 3.88. The molecular formula is C10H9Cl2NO4. The van der Waals surface area contributed by atoms with Gasteiger partial charge in [0.2, 0.25) is 0 Å². The highest BCUT2D eigenvalue weighted by molar-refractivity contribution is 6.34. The van der Waals surface area contributed by atoms with Crippen LogP contribution in [0.4, 0.5) is 0 Å². The maximum atomic E-state index is 11.1. The van der Waals surface area contributed by atoms with Crippen LogP contribution in [0.3, 0.4) is 0 Å². The summed E-state index contributed by atoms with van der Waals surface area (Å²) in [5.41, 5.74) is 0. The molecule has 0 aromatic heterocycles. The Balaban J connectivity index is 2.47. The number of hydrogen-bond donors (Lipinski definition) is 2. The van der Waals surface area contributed by atoms with Crippen LogP contribution in [0.2, 0.25) is 10.0 Å². The molecule has 0 spiro atoms. The SMILES string of the molecule is O=C(O)CNC(=O)COc1cc(Cl)ccc1Cl. The van der Waals surface area contributed by atoms with E-state index in [1.165, 1.54) is 12.1 Å². The summed E-state index contributed by atoms with van der Waals surface area (Å²) in [5.74, 6) is -1.41. The van der Waals surface area contributed by atoms with Gasteiger partial charge in [0.15, 0.2) is 6.61 Å². The predicted molar refractivity (Wildman–Crippen MR) is 62.6 cm³/mol. The molecule has 0 saturated carbocycles. The first kappa shape index (κ1) is 13.6. The number of halogens is 2. The molecule has 1 aromatic rings. The van der Waals surface area contributed by atoms with E-state index in [4.69, 9.17) is 33.0 Å². The van der Waals surface area contributed by atoms with Crippen LogP contribution in [0.5, 0.6) is 5.75 Å². The summed E-state index contributed by atoms with van der Waals surface area (Å²) in [6.07, 6.45) is 0. The van der Waals surface area contributed by atoms with Gasteiger partial charge in [-0.15, -0.1) is 0 Å². The maximum Gasteiger partial charge on any atom is 0.322 e. The number of benzene rings is 1. The van der Waals surface area contributed by atoms with E-state index < -0.39 is 18.4 Å². The van der Waals surface area contributed by atoms with E-state index in [9.17, 15) is 9.59 Å². The summed E-state index contributed by atoms with van der Waals surface area (Å²) in [4.78, 5) is 21.3. The van der Waals surface area contributed by atoms with Gasteiger partial charge in [-0.3, -0.25) is 9.59 Å². The minimum Gasteiger partial charge on any atom is -0.482 e. The summed E-state index contributed by atoms with van der Waals surface area (Å²) in [7, 11) is 0. The first-order valence-electron chi connectivity index (χ1n) is 4.55. The number of carboxylic acids is 1. The lowest BCUT2D eigenvalue weighted by Crippen LogP contribution is -2.33. The molecular weight excluding hydrogens is 269 g/mol. The molecule has 1 rings (SSSR count). The molecule has 2 N–H and O–H groups in total. The van der Waals surface area contributed by atoms with E-state index in [2.05, 4.69) is 5.32 Å². The molecule has 0 heterocycles. The monoisotopic (exact) mass is 277 g/mol. The van der Waals surface area contributed by atoms with Crippen molar-refractivity contribution in [2.24, 2.45) is 0 Å². The van der Waals surface area contributed by atoms with Gasteiger partial charge in [0, 0.05) is 11.1 Å². The number of ether oxygens (including phenoxy) is 1. The highest BCUT2D eigenvalue weighted by atomic mass is 35.5. The van der Waals surface area contributed by atoms with E-state index in [0.29, 0.717) is 10.0 Å². The smallest absolute Gasteiger partial charge is 0.322 e. The normalized spacial score (nSPS) is 9.76. The van der Waals surface area contributed by atoms with E-state index in [1.54, 1.807) is 6.07 Å². The Bertz CT molecular complexity index is 436. The van der Waals surface area contributed by atoms with Crippen molar-refractivity contribution in [2.75, 3.05) is 13.2 Å². The van der Waals surface area contributed by atoms with Crippen molar-refractivity contribution in [2.45, 2.75) is 0 Å². The second kappa shape index (κ2) is 6.32. The van der Waals surface area contributed by atoms with E-state index in [0.717, 1.165) is 0 Å². The molecule has 92 valence electrons. The molecule has 0 bridgehead atoms. The number of aliphatic carboxylic acids is 1. The molecule has 7 heteroatoms. The Hall–Kier alpha value is -1.46. The van der Waals surface area contributed by atoms with Gasteiger partial charge in [-0.25, -0.2) is 0 Å². The lowest BCUT2D eigenvalue weighted by Gasteiger charge is -2.07. The Morgan fingerprint density at radius 1 is 1.35 bits per heavy atom. The van der Waals surface area contributed by atoms with Gasteiger partial charge in [0.05, 0.1) is 5.02 Å². The number of carboxylic acid groups (broad SMARTS) is 1. The van der Waals surface area contributed by atoms with Crippen molar-refractivity contribution in [3.05, 3.63) is 28.2 Å². The van der Waals surface area contributed by atoms with Gasteiger partial charge in [0.1, 0.15) is 12.3 Å². The summed E-state index contributed by atoms with van der Waals surface area (Å²) >= 11 is 11.5. The molecule has 0 atom stereocenters. The minimum atomic E-state index is -1.13. The van der Waals surface area contributed by atoms with Gasteiger partial charge in [-0.1, -0.05) is 23.2 Å². The molecule has 5 nitrogen and oxygen atoms in total. The number of nitrogens with one attached hydrogen (secondary N) is 1. The molecule has 0 aliphatic carbocycles. The first-order valence-corrected chi connectivity index (χ1v) is 5.31. The van der Waals surface area contributed by atoms with Crippen molar-refractivity contribution in [1.29, 1.82) is 0 Å². The van der Waals surface area contributed by atoms with Crippen molar-refractivity contribution < 1.29 is 19.4 Å². The van der Waals surface area contributed by atoms with Crippen LogP contribution in [0.25, 0.3) is 0 Å². The van der Waals surface area contributed by atoms with Gasteiger partial charge in [-0.05, 0) is 12.1 Å². The summed E-state index contributed by atoms with van der Waals surface area (Å²) in [6, 6.07) is 4.59. The van der Waals surface area contributed by atoms with Gasteiger partial charge >= 0.3 is 5.97 Å². The number of rotatable bonds is 5. The van der Waals surface area contributed by atoms with Gasteiger partial charge < -0.3 is 15.2 Å². The standard InChI is InChI=1S/C10H9Cl2NO4/c11-6-1-2-7(12)8(3-6)17-5-9(14)13-4-10(15)16/h1-3H,4-5H2,(H,13,14)(H,15,16). The molecule has 0 unspecified atom stereocenters. The largest absolute Gasteiger partial charge is 0.482 e. The highest BCUT2D eigenvalue weighted by Gasteiger charge is 2.07. The fourth-order valence-electron chi connectivity index (χ4n) is 0.956. The molecule has 0 saturated heterocycles. The minimum absolute atomic E-state index is 0.268. The fraction of sp³-hybridized carbons (Fsp3) is 0.200. The lowest BCUT2D eigenvalue weighted by molar-refractivity contribution is -0.138. The van der Waals surface area contributed by atoms with Crippen molar-refractivity contribution >= 4 is 35.1 Å². The molecule has 0 aliphatic heterocycles. The quantitative estimate of drug-likeness (QED) is 0.857. The lowest BCUT2D eigenvalue weighted by atomic mass is 10.3. The summed E-state index contributed by atoms with van der Waals surface area (Å²) in [6.45, 7) is -0.779. The average molecular weight is 278 g/mol. The Morgan fingerprint density at radius 2 is 2.06 bits per heavy atom. The van der Waals surface area contributed by atoms with Crippen LogP contribution >= 0.6 is 23.2 Å². The van der Waals surface area contributed by atoms with E-state index in [1.807, 2.05) is 0 Å². The topological polar surface area (TPSA) is 75.6 Å². The van der Waals surface area contributed by atoms with Gasteiger partial charge in [0.25, 0.3) is 5.91 Å². The number of amides is 1. The van der Waals surface area contributed by atoms with Gasteiger partial charge in [-0.2, -0.15) is 0 Å². The zero-order valence-corrected chi connectivity index (χ0v) is 10.1. The van der Waals surface area contributed by atoms with Crippen LogP contribution in [0, 0.1) is 0 Å². The van der Waals surface area contributed by atoms with Crippen LogP contribution < -0.4 is 10.1 Å². The Morgan fingerprint density at radius 3 is 2.71 bits per heavy atom. The third kappa shape index (κ3) is 4.93. The third-order valence-electron chi connectivity index (χ3n) is 1.69. The molecule has 0 aliphatic rings. The highest BCUT2D eigenvalue weighted by Crippen LogP contribution is 2.27.